The molecule has 0 fully saturated rings. The lowest BCUT2D eigenvalue weighted by atomic mass is 10.2. The predicted molar refractivity (Wildman–Crippen MR) is 71.3 cm³/mol. The van der Waals surface area contributed by atoms with Gasteiger partial charge in [0.25, 0.3) is 5.91 Å². The van der Waals surface area contributed by atoms with Crippen LogP contribution in [0.15, 0.2) is 34.8 Å². The molecule has 0 saturated carbocycles. The van der Waals surface area contributed by atoms with Crippen LogP contribution in [0, 0.1) is 0 Å². The normalized spacial score (nSPS) is 10.7. The summed E-state index contributed by atoms with van der Waals surface area (Å²) in [6, 6.07) is 5.08. The third-order valence-electron chi connectivity index (χ3n) is 1.81. The van der Waals surface area contributed by atoms with Crippen LogP contribution in [0.2, 0.25) is 5.02 Å². The van der Waals surface area contributed by atoms with Gasteiger partial charge in [-0.2, -0.15) is 0 Å². The largest absolute Gasteiger partial charge is 0.349 e. The lowest BCUT2D eigenvalue weighted by molar-refractivity contribution is 0.0957. The number of carbonyl (C=O) groups is 1. The van der Waals surface area contributed by atoms with Gasteiger partial charge in [0, 0.05) is 21.9 Å². The predicted octanol–water partition coefficient (Wildman–Crippen LogP) is 3.63. The monoisotopic (exact) mass is 321 g/mol. The zero-order valence-electron chi connectivity index (χ0n) is 8.34. The molecule has 0 heterocycles. The summed E-state index contributed by atoms with van der Waals surface area (Å²) in [4.78, 5) is 11.7. The van der Waals surface area contributed by atoms with Gasteiger partial charge in [0.1, 0.15) is 0 Å². The molecular weight excluding hydrogens is 313 g/mol. The number of carbonyl (C=O) groups excluding carboxylic acids is 1. The summed E-state index contributed by atoms with van der Waals surface area (Å²) < 4.78 is 0.718. The number of halogens is 3. The fourth-order valence-corrected chi connectivity index (χ4v) is 1.79. The number of allylic oxidation sites excluding steroid dienone is 1. The number of rotatable bonds is 4. The first-order valence-electron chi connectivity index (χ1n) is 4.59. The number of hydrogen-bond donors (Lipinski definition) is 1. The van der Waals surface area contributed by atoms with Crippen molar-refractivity contribution >= 4 is 45.0 Å². The molecule has 1 aromatic carbocycles. The van der Waals surface area contributed by atoms with Crippen molar-refractivity contribution in [2.24, 2.45) is 0 Å². The van der Waals surface area contributed by atoms with Crippen LogP contribution < -0.4 is 5.32 Å². The van der Waals surface area contributed by atoms with Gasteiger partial charge in [-0.15, -0.1) is 11.6 Å². The Kier molecular flexibility index (Phi) is 5.88. The first-order chi connectivity index (χ1) is 7.65. The van der Waals surface area contributed by atoms with Crippen LogP contribution in [0.3, 0.4) is 0 Å². The number of alkyl halides is 1. The van der Waals surface area contributed by atoms with Gasteiger partial charge in [0.05, 0.1) is 5.56 Å². The Morgan fingerprint density at radius 1 is 1.44 bits per heavy atom. The zero-order chi connectivity index (χ0) is 12.0. The molecule has 0 radical (unpaired) electrons. The standard InChI is InChI=1S/C11H10BrCl2NO/c12-10-4-3-8(14)7-9(10)11(16)15-6-2-1-5-13/h1-4,7H,5-6H2,(H,15,16)/b2-1+. The average Bonchev–Trinajstić information content (AvgIpc) is 2.27. The van der Waals surface area contributed by atoms with Gasteiger partial charge in [-0.3, -0.25) is 4.79 Å². The lowest BCUT2D eigenvalue weighted by Gasteiger charge is -2.05. The maximum atomic E-state index is 11.7. The highest BCUT2D eigenvalue weighted by atomic mass is 79.9. The molecule has 0 aromatic heterocycles. The van der Waals surface area contributed by atoms with E-state index in [9.17, 15) is 4.79 Å². The van der Waals surface area contributed by atoms with Crippen molar-refractivity contribution in [1.82, 2.24) is 5.32 Å². The second-order valence-electron chi connectivity index (χ2n) is 2.96. The number of amides is 1. The van der Waals surface area contributed by atoms with Gasteiger partial charge in [-0.25, -0.2) is 0 Å². The van der Waals surface area contributed by atoms with E-state index >= 15 is 0 Å². The molecule has 16 heavy (non-hydrogen) atoms. The van der Waals surface area contributed by atoms with Crippen LogP contribution in [0.25, 0.3) is 0 Å². The summed E-state index contributed by atoms with van der Waals surface area (Å²) in [5.41, 5.74) is 0.520. The minimum Gasteiger partial charge on any atom is -0.349 e. The molecule has 1 aromatic rings. The molecule has 0 aliphatic carbocycles. The van der Waals surface area contributed by atoms with E-state index in [1.54, 1.807) is 30.4 Å². The van der Waals surface area contributed by atoms with Crippen LogP contribution in [0.1, 0.15) is 10.4 Å². The molecule has 1 N–H and O–H groups in total. The molecule has 1 amide bonds. The molecule has 2 nitrogen and oxygen atoms in total. The first kappa shape index (κ1) is 13.6. The number of nitrogens with one attached hydrogen (secondary N) is 1. The highest BCUT2D eigenvalue weighted by Crippen LogP contribution is 2.20. The van der Waals surface area contributed by atoms with Crippen molar-refractivity contribution in [3.63, 3.8) is 0 Å². The van der Waals surface area contributed by atoms with Crippen LogP contribution in [0.4, 0.5) is 0 Å². The van der Waals surface area contributed by atoms with Crippen molar-refractivity contribution in [1.29, 1.82) is 0 Å². The van der Waals surface area contributed by atoms with Gasteiger partial charge in [-0.05, 0) is 34.1 Å². The van der Waals surface area contributed by atoms with E-state index in [1.807, 2.05) is 0 Å². The fourth-order valence-electron chi connectivity index (χ4n) is 1.06. The molecule has 0 aliphatic heterocycles. The Balaban J connectivity index is 2.65. The van der Waals surface area contributed by atoms with E-state index in [1.165, 1.54) is 0 Å². The third kappa shape index (κ3) is 4.16. The number of hydrogen-bond acceptors (Lipinski definition) is 1. The van der Waals surface area contributed by atoms with Crippen LogP contribution >= 0.6 is 39.1 Å². The quantitative estimate of drug-likeness (QED) is 0.665. The second-order valence-corrected chi connectivity index (χ2v) is 4.56. The molecule has 1 rings (SSSR count). The molecule has 5 heteroatoms. The second kappa shape index (κ2) is 6.94. The van der Waals surface area contributed by atoms with Crippen molar-refractivity contribution in [3.05, 3.63) is 45.4 Å². The fraction of sp³-hybridized carbons (Fsp3) is 0.182. The van der Waals surface area contributed by atoms with Crippen molar-refractivity contribution in [2.45, 2.75) is 0 Å². The van der Waals surface area contributed by atoms with E-state index in [4.69, 9.17) is 23.2 Å². The summed E-state index contributed by atoms with van der Waals surface area (Å²) in [5.74, 6) is 0.269. The molecule has 0 atom stereocenters. The molecule has 0 unspecified atom stereocenters. The topological polar surface area (TPSA) is 29.1 Å². The number of benzene rings is 1. The van der Waals surface area contributed by atoms with E-state index in [0.29, 0.717) is 23.0 Å². The Hall–Kier alpha value is -0.510. The zero-order valence-corrected chi connectivity index (χ0v) is 11.4. The van der Waals surface area contributed by atoms with Crippen molar-refractivity contribution < 1.29 is 4.79 Å². The van der Waals surface area contributed by atoms with Crippen molar-refractivity contribution in [2.75, 3.05) is 12.4 Å². The molecule has 0 aliphatic rings. The Bertz CT molecular complexity index is 407. The van der Waals surface area contributed by atoms with Gasteiger partial charge < -0.3 is 5.32 Å². The summed E-state index contributed by atoms with van der Waals surface area (Å²) in [5, 5.41) is 3.26. The Labute approximate surface area is 113 Å². The maximum Gasteiger partial charge on any atom is 0.252 e. The van der Waals surface area contributed by atoms with Crippen LogP contribution in [0.5, 0.6) is 0 Å². The van der Waals surface area contributed by atoms with Crippen LogP contribution in [-0.4, -0.2) is 18.3 Å². The molecule has 0 saturated heterocycles. The highest BCUT2D eigenvalue weighted by molar-refractivity contribution is 9.10. The van der Waals surface area contributed by atoms with Gasteiger partial charge in [-0.1, -0.05) is 23.8 Å². The van der Waals surface area contributed by atoms with E-state index in [-0.39, 0.29) is 5.91 Å². The summed E-state index contributed by atoms with van der Waals surface area (Å²) >= 11 is 14.6. The maximum absolute atomic E-state index is 11.7. The van der Waals surface area contributed by atoms with E-state index < -0.39 is 0 Å². The van der Waals surface area contributed by atoms with Gasteiger partial charge >= 0.3 is 0 Å². The molecule has 0 spiro atoms. The SMILES string of the molecule is O=C(NC/C=C/CCl)c1cc(Cl)ccc1Br. The average molecular weight is 323 g/mol. The minimum absolute atomic E-state index is 0.173. The first-order valence-corrected chi connectivity index (χ1v) is 6.30. The van der Waals surface area contributed by atoms with Crippen molar-refractivity contribution in [3.8, 4) is 0 Å². The summed E-state index contributed by atoms with van der Waals surface area (Å²) in [6.45, 7) is 0.449. The highest BCUT2D eigenvalue weighted by Gasteiger charge is 2.09. The van der Waals surface area contributed by atoms with Gasteiger partial charge in [0.15, 0.2) is 0 Å². The Morgan fingerprint density at radius 2 is 2.19 bits per heavy atom. The van der Waals surface area contributed by atoms with Crippen LogP contribution in [-0.2, 0) is 0 Å². The third-order valence-corrected chi connectivity index (χ3v) is 2.91. The van der Waals surface area contributed by atoms with E-state index in [0.717, 1.165) is 4.47 Å². The minimum atomic E-state index is -0.173. The summed E-state index contributed by atoms with van der Waals surface area (Å²) in [7, 11) is 0. The van der Waals surface area contributed by atoms with E-state index in [2.05, 4.69) is 21.2 Å². The Morgan fingerprint density at radius 3 is 2.88 bits per heavy atom. The molecular formula is C11H10BrCl2NO. The summed E-state index contributed by atoms with van der Waals surface area (Å²) in [6.07, 6.45) is 3.57. The molecule has 0 bridgehead atoms. The lowest BCUT2D eigenvalue weighted by Crippen LogP contribution is -2.23. The smallest absolute Gasteiger partial charge is 0.252 e. The molecule has 86 valence electrons. The van der Waals surface area contributed by atoms with Gasteiger partial charge in [0.2, 0.25) is 0 Å².